The van der Waals surface area contributed by atoms with Gasteiger partial charge in [0, 0.05) is 5.57 Å². The fourth-order valence-electron chi connectivity index (χ4n) is 1.45. The zero-order chi connectivity index (χ0) is 11.9. The number of rotatable bonds is 5. The molecule has 88 valence electrons. The first-order valence-corrected chi connectivity index (χ1v) is 5.70. The highest BCUT2D eigenvalue weighted by Crippen LogP contribution is 2.21. The molecular formula is C13H24O2. The molecule has 0 rings (SSSR count). The van der Waals surface area contributed by atoms with Crippen LogP contribution in [-0.4, -0.2) is 13.1 Å². The molecule has 2 nitrogen and oxygen atoms in total. The summed E-state index contributed by atoms with van der Waals surface area (Å²) < 4.78 is 4.78. The molecule has 0 N–H and O–H groups in total. The third-order valence-electron chi connectivity index (χ3n) is 2.10. The topological polar surface area (TPSA) is 26.3 Å². The van der Waals surface area contributed by atoms with Gasteiger partial charge < -0.3 is 4.74 Å². The fourth-order valence-corrected chi connectivity index (χ4v) is 1.45. The molecule has 0 aromatic carbocycles. The van der Waals surface area contributed by atoms with Gasteiger partial charge in [-0.2, -0.15) is 0 Å². The number of allylic oxidation sites excluding steroid dienone is 1. The Kier molecular flexibility index (Phi) is 6.30. The van der Waals surface area contributed by atoms with Gasteiger partial charge in [-0.25, -0.2) is 4.79 Å². The van der Waals surface area contributed by atoms with Crippen LogP contribution in [0.15, 0.2) is 11.6 Å². The number of esters is 1. The highest BCUT2D eigenvalue weighted by molar-refractivity contribution is 5.88. The molecule has 0 aliphatic carbocycles. The van der Waals surface area contributed by atoms with Crippen LogP contribution in [0.4, 0.5) is 0 Å². The molecule has 0 aliphatic heterocycles. The maximum atomic E-state index is 11.5. The monoisotopic (exact) mass is 212 g/mol. The normalized spacial score (nSPS) is 12.7. The Bertz CT molecular complexity index is 221. The van der Waals surface area contributed by atoms with E-state index in [-0.39, 0.29) is 11.4 Å². The van der Waals surface area contributed by atoms with Crippen LogP contribution in [0.25, 0.3) is 0 Å². The maximum absolute atomic E-state index is 11.5. The van der Waals surface area contributed by atoms with Gasteiger partial charge in [0.1, 0.15) is 0 Å². The molecule has 0 fully saturated rings. The van der Waals surface area contributed by atoms with Crippen molar-refractivity contribution in [1.29, 1.82) is 0 Å². The maximum Gasteiger partial charge on any atom is 0.333 e. The van der Waals surface area contributed by atoms with Crippen LogP contribution in [0.3, 0.4) is 0 Å². The highest BCUT2D eigenvalue weighted by Gasteiger charge is 2.14. The number of methoxy groups -OCH3 is 1. The Morgan fingerprint density at radius 1 is 1.27 bits per heavy atom. The van der Waals surface area contributed by atoms with Crippen molar-refractivity contribution in [3.05, 3.63) is 11.6 Å². The minimum Gasteiger partial charge on any atom is -0.466 e. The van der Waals surface area contributed by atoms with Crippen LogP contribution in [-0.2, 0) is 9.53 Å². The van der Waals surface area contributed by atoms with Crippen molar-refractivity contribution >= 4 is 5.97 Å². The molecular weight excluding hydrogens is 188 g/mol. The zero-order valence-corrected chi connectivity index (χ0v) is 10.7. The summed E-state index contributed by atoms with van der Waals surface area (Å²) in [4.78, 5) is 11.5. The Morgan fingerprint density at radius 3 is 2.27 bits per heavy atom. The minimum absolute atomic E-state index is 0.0374. The van der Waals surface area contributed by atoms with Gasteiger partial charge in [0.05, 0.1) is 7.11 Å². The van der Waals surface area contributed by atoms with Crippen LogP contribution < -0.4 is 0 Å². The lowest BCUT2D eigenvalue weighted by atomic mass is 9.92. The molecule has 0 aromatic heterocycles. The lowest BCUT2D eigenvalue weighted by Crippen LogP contribution is -2.10. The molecule has 0 aliphatic rings. The average molecular weight is 212 g/mol. The molecule has 0 atom stereocenters. The van der Waals surface area contributed by atoms with Gasteiger partial charge in [0.2, 0.25) is 0 Å². The quantitative estimate of drug-likeness (QED) is 0.394. The van der Waals surface area contributed by atoms with Crippen molar-refractivity contribution in [3.63, 3.8) is 0 Å². The summed E-state index contributed by atoms with van der Waals surface area (Å²) in [6.07, 6.45) is 6.25. The highest BCUT2D eigenvalue weighted by atomic mass is 16.5. The molecule has 0 bridgehead atoms. The lowest BCUT2D eigenvalue weighted by molar-refractivity contribution is -0.136. The van der Waals surface area contributed by atoms with E-state index in [1.54, 1.807) is 0 Å². The molecule has 0 saturated carbocycles. The SMILES string of the molecule is CCCCC/C(=C\C(C)(C)C)C(=O)OC. The van der Waals surface area contributed by atoms with Crippen molar-refractivity contribution in [1.82, 2.24) is 0 Å². The van der Waals surface area contributed by atoms with Crippen LogP contribution in [0.2, 0.25) is 0 Å². The van der Waals surface area contributed by atoms with Crippen LogP contribution in [0, 0.1) is 5.41 Å². The van der Waals surface area contributed by atoms with Crippen LogP contribution in [0.5, 0.6) is 0 Å². The number of carbonyl (C=O) groups is 1. The van der Waals surface area contributed by atoms with E-state index < -0.39 is 0 Å². The fraction of sp³-hybridized carbons (Fsp3) is 0.769. The first kappa shape index (κ1) is 14.2. The summed E-state index contributed by atoms with van der Waals surface area (Å²) in [6, 6.07) is 0. The molecule has 0 unspecified atom stereocenters. The van der Waals surface area contributed by atoms with Gasteiger partial charge >= 0.3 is 5.97 Å². The van der Waals surface area contributed by atoms with Gasteiger partial charge in [-0.15, -0.1) is 0 Å². The Morgan fingerprint density at radius 2 is 1.87 bits per heavy atom. The van der Waals surface area contributed by atoms with Crippen LogP contribution >= 0.6 is 0 Å². The third kappa shape index (κ3) is 7.18. The third-order valence-corrected chi connectivity index (χ3v) is 2.10. The molecule has 0 spiro atoms. The molecule has 15 heavy (non-hydrogen) atoms. The molecule has 0 saturated heterocycles. The van der Waals surface area contributed by atoms with E-state index in [0.29, 0.717) is 0 Å². The van der Waals surface area contributed by atoms with Crippen molar-refractivity contribution < 1.29 is 9.53 Å². The summed E-state index contributed by atoms with van der Waals surface area (Å²) in [5.74, 6) is -0.180. The van der Waals surface area contributed by atoms with E-state index in [4.69, 9.17) is 4.74 Å². The molecule has 0 aromatic rings. The summed E-state index contributed by atoms with van der Waals surface area (Å²) in [6.45, 7) is 8.44. The number of hydrogen-bond donors (Lipinski definition) is 0. The van der Waals surface area contributed by atoms with Crippen molar-refractivity contribution in [2.45, 2.75) is 53.4 Å². The van der Waals surface area contributed by atoms with Crippen molar-refractivity contribution in [2.75, 3.05) is 7.11 Å². The second kappa shape index (κ2) is 6.65. The number of carbonyl (C=O) groups excluding carboxylic acids is 1. The Hall–Kier alpha value is -0.790. The minimum atomic E-state index is -0.180. The van der Waals surface area contributed by atoms with Gasteiger partial charge in [-0.3, -0.25) is 0 Å². The standard InChI is InChI=1S/C13H24O2/c1-6-7-8-9-11(12(14)15-5)10-13(2,3)4/h10H,6-9H2,1-5H3/b11-10+. The van der Waals surface area contributed by atoms with Gasteiger partial charge in [0.25, 0.3) is 0 Å². The molecule has 2 heteroatoms. The van der Waals surface area contributed by atoms with E-state index in [1.807, 2.05) is 6.08 Å². The zero-order valence-electron chi connectivity index (χ0n) is 10.7. The van der Waals surface area contributed by atoms with Gasteiger partial charge in [-0.05, 0) is 18.3 Å². The summed E-state index contributed by atoms with van der Waals surface area (Å²) in [7, 11) is 1.44. The predicted molar refractivity (Wildman–Crippen MR) is 63.7 cm³/mol. The largest absolute Gasteiger partial charge is 0.466 e. The predicted octanol–water partition coefficient (Wildman–Crippen LogP) is 3.71. The first-order valence-electron chi connectivity index (χ1n) is 5.70. The van der Waals surface area contributed by atoms with Crippen LogP contribution in [0.1, 0.15) is 53.4 Å². The number of unbranched alkanes of at least 4 members (excludes halogenated alkanes) is 2. The summed E-state index contributed by atoms with van der Waals surface area (Å²) in [5, 5.41) is 0. The van der Waals surface area contributed by atoms with Gasteiger partial charge in [-0.1, -0.05) is 46.6 Å². The van der Waals surface area contributed by atoms with Crippen molar-refractivity contribution in [3.8, 4) is 0 Å². The lowest BCUT2D eigenvalue weighted by Gasteiger charge is -2.15. The van der Waals surface area contributed by atoms with E-state index in [9.17, 15) is 4.79 Å². The second-order valence-electron chi connectivity index (χ2n) is 4.98. The van der Waals surface area contributed by atoms with Crippen molar-refractivity contribution in [2.24, 2.45) is 5.41 Å². The summed E-state index contributed by atoms with van der Waals surface area (Å²) in [5.41, 5.74) is 0.855. The Balaban J connectivity index is 4.45. The number of hydrogen-bond acceptors (Lipinski definition) is 2. The molecule has 0 heterocycles. The summed E-state index contributed by atoms with van der Waals surface area (Å²) >= 11 is 0. The smallest absolute Gasteiger partial charge is 0.333 e. The Labute approximate surface area is 93.7 Å². The average Bonchev–Trinajstić information content (AvgIpc) is 2.13. The van der Waals surface area contributed by atoms with E-state index in [1.165, 1.54) is 20.0 Å². The van der Waals surface area contributed by atoms with E-state index in [2.05, 4.69) is 27.7 Å². The second-order valence-corrected chi connectivity index (χ2v) is 4.98. The van der Waals surface area contributed by atoms with Gasteiger partial charge in [0.15, 0.2) is 0 Å². The first-order chi connectivity index (χ1) is 6.90. The van der Waals surface area contributed by atoms with E-state index >= 15 is 0 Å². The number of ether oxygens (including phenoxy) is 1. The molecule has 0 amide bonds. The molecule has 0 radical (unpaired) electrons. The van der Waals surface area contributed by atoms with E-state index in [0.717, 1.165) is 18.4 Å².